The van der Waals surface area contributed by atoms with Crippen molar-refractivity contribution in [2.75, 3.05) is 12.9 Å². The van der Waals surface area contributed by atoms with Crippen molar-refractivity contribution < 1.29 is 4.74 Å². The molecule has 1 nitrogen and oxygen atoms in total. The predicted octanol–water partition coefficient (Wildman–Crippen LogP) is 3.46. The summed E-state index contributed by atoms with van der Waals surface area (Å²) in [6, 6.07) is 4.20. The summed E-state index contributed by atoms with van der Waals surface area (Å²) in [6.45, 7) is 4.46. The molecular formula is C12H12OS. The molecule has 0 radical (unpaired) electrons. The lowest BCUT2D eigenvalue weighted by Crippen LogP contribution is -2.01. The molecule has 0 N–H and O–H groups in total. The fourth-order valence-corrected chi connectivity index (χ4v) is 2.12. The Bertz CT molecular complexity index is 394. The lowest BCUT2D eigenvalue weighted by atomic mass is 10.1. The Hall–Kier alpha value is -1.15. The molecular weight excluding hydrogens is 192 g/mol. The second kappa shape index (κ2) is 3.93. The Morgan fingerprint density at radius 1 is 1.50 bits per heavy atom. The van der Waals surface area contributed by atoms with Crippen LogP contribution in [0.4, 0.5) is 0 Å². The number of rotatable bonds is 2. The molecule has 2 heteroatoms. The van der Waals surface area contributed by atoms with E-state index < -0.39 is 0 Å². The molecule has 2 rings (SSSR count). The fraction of sp³-hybridized carbons (Fsp3) is 0.167. The third kappa shape index (κ3) is 1.58. The summed E-state index contributed by atoms with van der Waals surface area (Å²) in [7, 11) is 0. The Morgan fingerprint density at radius 2 is 2.36 bits per heavy atom. The minimum atomic E-state index is 0.675. The summed E-state index contributed by atoms with van der Waals surface area (Å²) in [5, 5.41) is 0. The van der Waals surface area contributed by atoms with E-state index in [4.69, 9.17) is 4.74 Å². The molecule has 0 spiro atoms. The van der Waals surface area contributed by atoms with Gasteiger partial charge in [-0.3, -0.25) is 0 Å². The van der Waals surface area contributed by atoms with Crippen LogP contribution >= 0.6 is 11.8 Å². The van der Waals surface area contributed by atoms with Crippen molar-refractivity contribution >= 4 is 23.9 Å². The number of hydrogen-bond donors (Lipinski definition) is 0. The van der Waals surface area contributed by atoms with Crippen molar-refractivity contribution in [2.24, 2.45) is 0 Å². The van der Waals surface area contributed by atoms with Crippen molar-refractivity contribution in [3.8, 4) is 5.75 Å². The van der Waals surface area contributed by atoms with Crippen molar-refractivity contribution in [3.05, 3.63) is 35.9 Å². The fourth-order valence-electron chi connectivity index (χ4n) is 1.50. The lowest BCUT2D eigenvalue weighted by Gasteiger charge is -2.16. The van der Waals surface area contributed by atoms with Gasteiger partial charge in [0.2, 0.25) is 0 Å². The molecule has 0 aliphatic carbocycles. The monoisotopic (exact) mass is 204 g/mol. The van der Waals surface area contributed by atoms with Crippen LogP contribution in [0.2, 0.25) is 0 Å². The zero-order valence-corrected chi connectivity index (χ0v) is 8.93. The third-order valence-corrected chi connectivity index (χ3v) is 2.93. The molecule has 0 saturated heterocycles. The number of thioether (sulfide) groups is 1. The average Bonchev–Trinajstić information content (AvgIpc) is 2.27. The van der Waals surface area contributed by atoms with E-state index in [0.29, 0.717) is 6.61 Å². The van der Waals surface area contributed by atoms with Gasteiger partial charge in [-0.05, 0) is 30.0 Å². The molecule has 72 valence electrons. The topological polar surface area (TPSA) is 9.23 Å². The van der Waals surface area contributed by atoms with Gasteiger partial charge < -0.3 is 4.74 Å². The highest BCUT2D eigenvalue weighted by atomic mass is 32.2. The van der Waals surface area contributed by atoms with Crippen LogP contribution in [0.25, 0.3) is 12.2 Å². The summed E-state index contributed by atoms with van der Waals surface area (Å²) in [4.78, 5) is 1.18. The van der Waals surface area contributed by atoms with Gasteiger partial charge in [-0.1, -0.05) is 18.7 Å². The first kappa shape index (κ1) is 9.41. The zero-order chi connectivity index (χ0) is 9.97. The van der Waals surface area contributed by atoms with E-state index in [2.05, 4.69) is 31.0 Å². The molecule has 0 aromatic heterocycles. The smallest absolute Gasteiger partial charge is 0.140 e. The maximum absolute atomic E-state index is 5.60. The first-order chi connectivity index (χ1) is 6.85. The van der Waals surface area contributed by atoms with Gasteiger partial charge in [0.25, 0.3) is 0 Å². The number of hydrogen-bond acceptors (Lipinski definition) is 2. The molecule has 0 amide bonds. The van der Waals surface area contributed by atoms with Gasteiger partial charge >= 0.3 is 0 Å². The Balaban J connectivity index is 2.59. The molecule has 14 heavy (non-hydrogen) atoms. The molecule has 0 saturated carbocycles. The van der Waals surface area contributed by atoms with Crippen LogP contribution in [0.5, 0.6) is 5.75 Å². The van der Waals surface area contributed by atoms with Crippen molar-refractivity contribution in [2.45, 2.75) is 4.90 Å². The minimum absolute atomic E-state index is 0.675. The summed E-state index contributed by atoms with van der Waals surface area (Å²) in [5.74, 6) is 1.01. The third-order valence-electron chi connectivity index (χ3n) is 2.18. The normalized spacial score (nSPS) is 13.2. The van der Waals surface area contributed by atoms with E-state index in [1.54, 1.807) is 11.8 Å². The zero-order valence-electron chi connectivity index (χ0n) is 8.12. The molecule has 1 aliphatic rings. The van der Waals surface area contributed by atoms with Gasteiger partial charge in [-0.15, -0.1) is 11.8 Å². The van der Waals surface area contributed by atoms with E-state index in [0.717, 1.165) is 16.9 Å². The Morgan fingerprint density at radius 3 is 3.07 bits per heavy atom. The number of ether oxygens (including phenoxy) is 1. The van der Waals surface area contributed by atoms with Crippen molar-refractivity contribution in [3.63, 3.8) is 0 Å². The second-order valence-electron chi connectivity index (χ2n) is 3.06. The number of fused-ring (bicyclic) bond motifs is 1. The highest BCUT2D eigenvalue weighted by Crippen LogP contribution is 2.35. The van der Waals surface area contributed by atoms with E-state index in [1.807, 2.05) is 12.2 Å². The van der Waals surface area contributed by atoms with Crippen molar-refractivity contribution in [1.29, 1.82) is 0 Å². The standard InChI is InChI=1S/C12H12OS/c1-3-9-7-10-5-4-6-13-12(10)11(8-9)14-2/h3-5,7-8H,1,6H2,2H3. The molecule has 1 aromatic rings. The van der Waals surface area contributed by atoms with Gasteiger partial charge in [0.05, 0.1) is 4.90 Å². The highest BCUT2D eigenvalue weighted by Gasteiger charge is 2.11. The molecule has 0 atom stereocenters. The molecule has 0 unspecified atom stereocenters. The van der Waals surface area contributed by atoms with Gasteiger partial charge in [-0.25, -0.2) is 0 Å². The Labute approximate surface area is 88.5 Å². The van der Waals surface area contributed by atoms with Gasteiger partial charge in [0.1, 0.15) is 12.4 Å². The Kier molecular flexibility index (Phi) is 2.64. The number of benzene rings is 1. The minimum Gasteiger partial charge on any atom is -0.488 e. The quantitative estimate of drug-likeness (QED) is 0.682. The van der Waals surface area contributed by atoms with Crippen LogP contribution in [-0.2, 0) is 0 Å². The summed E-state index contributed by atoms with van der Waals surface area (Å²) in [6.07, 6.45) is 8.05. The molecule has 1 aliphatic heterocycles. The van der Waals surface area contributed by atoms with Gasteiger partial charge in [0.15, 0.2) is 0 Å². The maximum Gasteiger partial charge on any atom is 0.140 e. The summed E-state index contributed by atoms with van der Waals surface area (Å²) < 4.78 is 5.60. The van der Waals surface area contributed by atoms with Crippen LogP contribution in [0, 0.1) is 0 Å². The van der Waals surface area contributed by atoms with Crippen LogP contribution in [0.15, 0.2) is 29.7 Å². The van der Waals surface area contributed by atoms with E-state index >= 15 is 0 Å². The van der Waals surface area contributed by atoms with E-state index in [1.165, 1.54) is 4.90 Å². The molecule has 1 heterocycles. The first-order valence-corrected chi connectivity index (χ1v) is 5.71. The van der Waals surface area contributed by atoms with Crippen LogP contribution in [-0.4, -0.2) is 12.9 Å². The van der Waals surface area contributed by atoms with E-state index in [-0.39, 0.29) is 0 Å². The van der Waals surface area contributed by atoms with Gasteiger partial charge in [-0.2, -0.15) is 0 Å². The van der Waals surface area contributed by atoms with Gasteiger partial charge in [0, 0.05) is 5.56 Å². The molecule has 0 bridgehead atoms. The summed E-state index contributed by atoms with van der Waals surface area (Å²) in [5.41, 5.74) is 2.29. The largest absolute Gasteiger partial charge is 0.488 e. The maximum atomic E-state index is 5.60. The molecule has 1 aromatic carbocycles. The highest BCUT2D eigenvalue weighted by molar-refractivity contribution is 7.98. The van der Waals surface area contributed by atoms with Crippen LogP contribution in [0.1, 0.15) is 11.1 Å². The van der Waals surface area contributed by atoms with Crippen molar-refractivity contribution in [1.82, 2.24) is 0 Å². The second-order valence-corrected chi connectivity index (χ2v) is 3.91. The van der Waals surface area contributed by atoms with E-state index in [9.17, 15) is 0 Å². The predicted molar refractivity (Wildman–Crippen MR) is 62.8 cm³/mol. The molecule has 0 fully saturated rings. The lowest BCUT2D eigenvalue weighted by molar-refractivity contribution is 0.350. The first-order valence-electron chi connectivity index (χ1n) is 4.49. The van der Waals surface area contributed by atoms with Crippen LogP contribution < -0.4 is 4.74 Å². The summed E-state index contributed by atoms with van der Waals surface area (Å²) >= 11 is 1.71. The average molecular weight is 204 g/mol. The van der Waals surface area contributed by atoms with Crippen LogP contribution in [0.3, 0.4) is 0 Å². The SMILES string of the molecule is C=Cc1cc2c(c(SC)c1)OCC=C2.